The van der Waals surface area contributed by atoms with Gasteiger partial charge in [-0.25, -0.2) is 0 Å². The first kappa shape index (κ1) is 15.6. The van der Waals surface area contributed by atoms with Gasteiger partial charge in [0.25, 0.3) is 5.91 Å². The van der Waals surface area contributed by atoms with E-state index in [9.17, 15) is 9.59 Å². The van der Waals surface area contributed by atoms with E-state index in [0.717, 1.165) is 17.8 Å². The molecule has 4 rings (SSSR count). The first-order valence-electron chi connectivity index (χ1n) is 7.80. The highest BCUT2D eigenvalue weighted by atomic mass is 32.2. The smallest absolute Gasteiger partial charge is 0.255 e. The van der Waals surface area contributed by atoms with Crippen molar-refractivity contribution in [3.63, 3.8) is 0 Å². The van der Waals surface area contributed by atoms with Crippen molar-refractivity contribution >= 4 is 40.0 Å². The molecule has 1 aromatic heterocycles. The quantitative estimate of drug-likeness (QED) is 0.907. The summed E-state index contributed by atoms with van der Waals surface area (Å²) in [6.45, 7) is 0. The SMILES string of the molecule is O=C(Nc1nnc(C2CC2)s1)C1CSCN1C(=O)c1ccccc1. The van der Waals surface area contributed by atoms with Gasteiger partial charge in [-0.2, -0.15) is 0 Å². The number of aromatic nitrogens is 2. The largest absolute Gasteiger partial charge is 0.316 e. The molecular formula is C16H16N4O2S2. The molecule has 0 spiro atoms. The van der Waals surface area contributed by atoms with Crippen LogP contribution in [0, 0.1) is 0 Å². The van der Waals surface area contributed by atoms with Crippen molar-refractivity contribution in [3.8, 4) is 0 Å². The van der Waals surface area contributed by atoms with Crippen molar-refractivity contribution in [3.05, 3.63) is 40.9 Å². The highest BCUT2D eigenvalue weighted by Crippen LogP contribution is 2.42. The third-order valence-corrected chi connectivity index (χ3v) is 6.08. The molecule has 0 bridgehead atoms. The summed E-state index contributed by atoms with van der Waals surface area (Å²) in [5.74, 6) is 1.33. The lowest BCUT2D eigenvalue weighted by molar-refractivity contribution is -0.119. The molecule has 2 fully saturated rings. The number of rotatable bonds is 4. The van der Waals surface area contributed by atoms with Gasteiger partial charge in [-0.05, 0) is 25.0 Å². The van der Waals surface area contributed by atoms with Crippen LogP contribution in [0.3, 0.4) is 0 Å². The van der Waals surface area contributed by atoms with Gasteiger partial charge in [-0.15, -0.1) is 22.0 Å². The van der Waals surface area contributed by atoms with Crippen LogP contribution in [0.5, 0.6) is 0 Å². The fourth-order valence-electron chi connectivity index (χ4n) is 2.58. The first-order valence-corrected chi connectivity index (χ1v) is 9.77. The summed E-state index contributed by atoms with van der Waals surface area (Å²) in [4.78, 5) is 26.8. The fourth-order valence-corrected chi connectivity index (χ4v) is 4.64. The zero-order chi connectivity index (χ0) is 16.5. The maximum Gasteiger partial charge on any atom is 0.255 e. The molecule has 8 heteroatoms. The van der Waals surface area contributed by atoms with E-state index in [4.69, 9.17) is 0 Å². The van der Waals surface area contributed by atoms with E-state index in [1.54, 1.807) is 28.8 Å². The predicted octanol–water partition coefficient (Wildman–Crippen LogP) is 2.57. The molecule has 1 saturated heterocycles. The van der Waals surface area contributed by atoms with Gasteiger partial charge in [0, 0.05) is 17.2 Å². The molecule has 24 heavy (non-hydrogen) atoms. The van der Waals surface area contributed by atoms with E-state index in [2.05, 4.69) is 15.5 Å². The molecule has 1 atom stereocenters. The average molecular weight is 360 g/mol. The minimum absolute atomic E-state index is 0.114. The second-order valence-electron chi connectivity index (χ2n) is 5.87. The number of carbonyl (C=O) groups is 2. The molecule has 1 aromatic carbocycles. The van der Waals surface area contributed by atoms with Crippen molar-refractivity contribution in [2.45, 2.75) is 24.8 Å². The Hall–Kier alpha value is -1.93. The second kappa shape index (κ2) is 6.52. The Labute approximate surface area is 147 Å². The minimum Gasteiger partial charge on any atom is -0.316 e. The summed E-state index contributed by atoms with van der Waals surface area (Å²) in [6.07, 6.45) is 2.31. The monoisotopic (exact) mass is 360 g/mol. The molecule has 2 aromatic rings. The van der Waals surface area contributed by atoms with Gasteiger partial charge in [-0.1, -0.05) is 29.5 Å². The Balaban J connectivity index is 1.45. The van der Waals surface area contributed by atoms with Crippen LogP contribution >= 0.6 is 23.1 Å². The van der Waals surface area contributed by atoms with Crippen molar-refractivity contribution < 1.29 is 9.59 Å². The number of amides is 2. The molecule has 1 N–H and O–H groups in total. The molecule has 2 heterocycles. The van der Waals surface area contributed by atoms with E-state index in [1.807, 2.05) is 18.2 Å². The Morgan fingerprint density at radius 3 is 2.71 bits per heavy atom. The van der Waals surface area contributed by atoms with Crippen LogP contribution in [-0.4, -0.2) is 44.6 Å². The first-order chi connectivity index (χ1) is 11.7. The van der Waals surface area contributed by atoms with E-state index >= 15 is 0 Å². The molecule has 1 unspecified atom stereocenters. The van der Waals surface area contributed by atoms with Crippen molar-refractivity contribution in [2.75, 3.05) is 16.9 Å². The van der Waals surface area contributed by atoms with E-state index < -0.39 is 6.04 Å². The van der Waals surface area contributed by atoms with E-state index in [1.165, 1.54) is 11.3 Å². The van der Waals surface area contributed by atoms with Crippen LogP contribution in [0.15, 0.2) is 30.3 Å². The molecule has 2 aliphatic rings. The van der Waals surface area contributed by atoms with Crippen LogP contribution in [0.25, 0.3) is 0 Å². The highest BCUT2D eigenvalue weighted by Gasteiger charge is 2.36. The topological polar surface area (TPSA) is 75.2 Å². The summed E-state index contributed by atoms with van der Waals surface area (Å²) < 4.78 is 0. The maximum absolute atomic E-state index is 12.6. The van der Waals surface area contributed by atoms with Crippen LogP contribution in [0.1, 0.15) is 34.1 Å². The number of anilines is 1. The van der Waals surface area contributed by atoms with Gasteiger partial charge in [0.1, 0.15) is 11.0 Å². The van der Waals surface area contributed by atoms with Gasteiger partial charge in [0.2, 0.25) is 11.0 Å². The number of carbonyl (C=O) groups excluding carboxylic acids is 2. The average Bonchev–Trinajstić information content (AvgIpc) is 3.16. The normalized spacial score (nSPS) is 20.2. The predicted molar refractivity (Wildman–Crippen MR) is 94.2 cm³/mol. The highest BCUT2D eigenvalue weighted by molar-refractivity contribution is 7.99. The molecular weight excluding hydrogens is 344 g/mol. The van der Waals surface area contributed by atoms with Crippen molar-refractivity contribution in [2.24, 2.45) is 0 Å². The Morgan fingerprint density at radius 2 is 1.96 bits per heavy atom. The van der Waals surface area contributed by atoms with Crippen LogP contribution in [-0.2, 0) is 4.79 Å². The lowest BCUT2D eigenvalue weighted by atomic mass is 10.1. The zero-order valence-electron chi connectivity index (χ0n) is 12.8. The van der Waals surface area contributed by atoms with Crippen LogP contribution in [0.2, 0.25) is 0 Å². The zero-order valence-corrected chi connectivity index (χ0v) is 14.5. The Morgan fingerprint density at radius 1 is 1.17 bits per heavy atom. The number of nitrogens with one attached hydrogen (secondary N) is 1. The number of benzene rings is 1. The summed E-state index contributed by atoms with van der Waals surface area (Å²) in [6, 6.07) is 8.58. The number of nitrogens with zero attached hydrogens (tertiary/aromatic N) is 3. The summed E-state index contributed by atoms with van der Waals surface area (Å²) >= 11 is 3.02. The Kier molecular flexibility index (Phi) is 4.24. The third-order valence-electron chi connectivity index (χ3n) is 4.06. The summed E-state index contributed by atoms with van der Waals surface area (Å²) in [5, 5.41) is 12.5. The molecule has 124 valence electrons. The standard InChI is InChI=1S/C16H16N4O2S2/c21-13(17-16-19-18-14(24-16)10-6-7-10)12-8-23-9-20(12)15(22)11-4-2-1-3-5-11/h1-5,10,12H,6-9H2,(H,17,19,21). The molecule has 2 amide bonds. The Bertz CT molecular complexity index is 760. The molecule has 1 aliphatic heterocycles. The molecule has 1 aliphatic carbocycles. The second-order valence-corrected chi connectivity index (χ2v) is 7.87. The number of thioether (sulfide) groups is 1. The third kappa shape index (κ3) is 3.16. The van der Waals surface area contributed by atoms with Gasteiger partial charge in [0.05, 0.1) is 5.88 Å². The summed E-state index contributed by atoms with van der Waals surface area (Å²) in [5.41, 5.74) is 0.602. The van der Waals surface area contributed by atoms with Gasteiger partial charge < -0.3 is 4.90 Å². The fraction of sp³-hybridized carbons (Fsp3) is 0.375. The van der Waals surface area contributed by atoms with E-state index in [-0.39, 0.29) is 11.8 Å². The van der Waals surface area contributed by atoms with Crippen LogP contribution < -0.4 is 5.32 Å². The van der Waals surface area contributed by atoms with E-state index in [0.29, 0.717) is 28.2 Å². The minimum atomic E-state index is -0.476. The van der Waals surface area contributed by atoms with Gasteiger partial charge >= 0.3 is 0 Å². The van der Waals surface area contributed by atoms with Gasteiger partial charge in [-0.3, -0.25) is 14.9 Å². The van der Waals surface area contributed by atoms with Gasteiger partial charge in [0.15, 0.2) is 0 Å². The number of hydrogen-bond acceptors (Lipinski definition) is 6. The summed E-state index contributed by atoms with van der Waals surface area (Å²) in [7, 11) is 0. The molecule has 1 saturated carbocycles. The number of hydrogen-bond donors (Lipinski definition) is 1. The molecule has 6 nitrogen and oxygen atoms in total. The maximum atomic E-state index is 12.6. The van der Waals surface area contributed by atoms with Crippen molar-refractivity contribution in [1.29, 1.82) is 0 Å². The van der Waals surface area contributed by atoms with Crippen molar-refractivity contribution in [1.82, 2.24) is 15.1 Å². The molecule has 0 radical (unpaired) electrons. The lowest BCUT2D eigenvalue weighted by Crippen LogP contribution is -2.44. The van der Waals surface area contributed by atoms with Crippen LogP contribution in [0.4, 0.5) is 5.13 Å². The lowest BCUT2D eigenvalue weighted by Gasteiger charge is -2.22.